The molecule has 4 nitrogen and oxygen atoms in total. The van der Waals surface area contributed by atoms with E-state index >= 15 is 0 Å². The van der Waals surface area contributed by atoms with E-state index in [1.165, 1.54) is 17.4 Å². The standard InChI is InChI=1S/C21H19F3N2O2S/c1-28-17-8-5-14(6-9-17)7-10-19(27)26-20-25-13-18(29-20)12-15-3-2-4-16(11-15)21(22,23)24/h2-6,8-9,11,13H,7,10,12H2,1H3,(H,25,26,27). The normalized spacial score (nSPS) is 11.3. The maximum atomic E-state index is 12.8. The van der Waals surface area contributed by atoms with Gasteiger partial charge in [-0.25, -0.2) is 4.98 Å². The maximum Gasteiger partial charge on any atom is 0.416 e. The van der Waals surface area contributed by atoms with Gasteiger partial charge < -0.3 is 10.1 Å². The topological polar surface area (TPSA) is 51.2 Å². The lowest BCUT2D eigenvalue weighted by Gasteiger charge is -2.07. The van der Waals surface area contributed by atoms with Crippen molar-refractivity contribution < 1.29 is 22.7 Å². The summed E-state index contributed by atoms with van der Waals surface area (Å²) in [5, 5.41) is 3.18. The number of benzene rings is 2. The van der Waals surface area contributed by atoms with E-state index in [0.29, 0.717) is 30.0 Å². The predicted molar refractivity (Wildman–Crippen MR) is 106 cm³/mol. The number of anilines is 1. The average molecular weight is 420 g/mol. The van der Waals surface area contributed by atoms with Crippen LogP contribution in [0.2, 0.25) is 0 Å². The van der Waals surface area contributed by atoms with Gasteiger partial charge in [0.1, 0.15) is 5.75 Å². The van der Waals surface area contributed by atoms with E-state index in [-0.39, 0.29) is 5.91 Å². The van der Waals surface area contributed by atoms with Gasteiger partial charge in [-0.15, -0.1) is 11.3 Å². The van der Waals surface area contributed by atoms with E-state index in [2.05, 4.69) is 10.3 Å². The molecule has 2 aromatic carbocycles. The number of thiazole rings is 1. The highest BCUT2D eigenvalue weighted by Gasteiger charge is 2.30. The molecule has 0 aliphatic rings. The summed E-state index contributed by atoms with van der Waals surface area (Å²) in [6.45, 7) is 0. The highest BCUT2D eigenvalue weighted by Crippen LogP contribution is 2.30. The first kappa shape index (κ1) is 20.9. The van der Waals surface area contributed by atoms with Gasteiger partial charge in [0, 0.05) is 23.9 Å². The smallest absolute Gasteiger partial charge is 0.416 e. The maximum absolute atomic E-state index is 12.8. The lowest BCUT2D eigenvalue weighted by molar-refractivity contribution is -0.137. The van der Waals surface area contributed by atoms with E-state index in [9.17, 15) is 18.0 Å². The monoisotopic (exact) mass is 420 g/mol. The van der Waals surface area contributed by atoms with Crippen LogP contribution in [0.25, 0.3) is 0 Å². The summed E-state index contributed by atoms with van der Waals surface area (Å²) in [5.74, 6) is 0.593. The van der Waals surface area contributed by atoms with Crippen LogP contribution in [0.3, 0.4) is 0 Å². The highest BCUT2D eigenvalue weighted by molar-refractivity contribution is 7.15. The molecule has 0 unspecified atom stereocenters. The van der Waals surface area contributed by atoms with Gasteiger partial charge in [-0.05, 0) is 35.7 Å². The Morgan fingerprint density at radius 1 is 1.14 bits per heavy atom. The van der Waals surface area contributed by atoms with Gasteiger partial charge in [0.05, 0.1) is 12.7 Å². The highest BCUT2D eigenvalue weighted by atomic mass is 32.1. The third-order valence-electron chi connectivity index (χ3n) is 4.23. The fraction of sp³-hybridized carbons (Fsp3) is 0.238. The second-order valence-corrected chi connectivity index (χ2v) is 7.52. The number of carbonyl (C=O) groups is 1. The van der Waals surface area contributed by atoms with Gasteiger partial charge in [-0.1, -0.05) is 30.3 Å². The Hall–Kier alpha value is -2.87. The number of methoxy groups -OCH3 is 1. The van der Waals surface area contributed by atoms with Gasteiger partial charge in [-0.2, -0.15) is 13.2 Å². The number of ether oxygens (including phenoxy) is 1. The van der Waals surface area contributed by atoms with E-state index in [1.807, 2.05) is 24.3 Å². The molecule has 0 radical (unpaired) electrons. The molecule has 1 heterocycles. The fourth-order valence-electron chi connectivity index (χ4n) is 2.74. The number of hydrogen-bond donors (Lipinski definition) is 1. The minimum Gasteiger partial charge on any atom is -0.497 e. The molecule has 1 N–H and O–H groups in total. The van der Waals surface area contributed by atoms with Crippen LogP contribution >= 0.6 is 11.3 Å². The number of rotatable bonds is 7. The van der Waals surface area contributed by atoms with Crippen molar-refractivity contribution >= 4 is 22.4 Å². The Kier molecular flexibility index (Phi) is 6.53. The van der Waals surface area contributed by atoms with Crippen LogP contribution in [-0.2, 0) is 23.8 Å². The molecule has 3 rings (SSSR count). The van der Waals surface area contributed by atoms with Crippen LogP contribution in [0, 0.1) is 0 Å². The molecule has 1 amide bonds. The van der Waals surface area contributed by atoms with Crippen molar-refractivity contribution in [1.82, 2.24) is 4.98 Å². The molecule has 0 fully saturated rings. The second-order valence-electron chi connectivity index (χ2n) is 6.40. The summed E-state index contributed by atoms with van der Waals surface area (Å²) in [6, 6.07) is 12.7. The SMILES string of the molecule is COc1ccc(CCC(=O)Nc2ncc(Cc3cccc(C(F)(F)F)c3)s2)cc1. The van der Waals surface area contributed by atoms with Crippen LogP contribution in [0.4, 0.5) is 18.3 Å². The molecule has 3 aromatic rings. The fourth-order valence-corrected chi connectivity index (χ4v) is 3.60. The first-order valence-corrected chi connectivity index (χ1v) is 9.69. The molecule has 0 saturated carbocycles. The molecular weight excluding hydrogens is 401 g/mol. The summed E-state index contributed by atoms with van der Waals surface area (Å²) in [7, 11) is 1.60. The first-order chi connectivity index (χ1) is 13.8. The Morgan fingerprint density at radius 3 is 2.59 bits per heavy atom. The van der Waals surface area contributed by atoms with Crippen molar-refractivity contribution in [2.75, 3.05) is 12.4 Å². The number of nitrogens with zero attached hydrogens (tertiary/aromatic N) is 1. The molecule has 0 atom stereocenters. The third kappa shape index (κ3) is 6.05. The molecule has 1 aromatic heterocycles. The molecule has 152 valence electrons. The zero-order valence-electron chi connectivity index (χ0n) is 15.6. The number of carbonyl (C=O) groups excluding carboxylic acids is 1. The van der Waals surface area contributed by atoms with Gasteiger partial charge in [0.2, 0.25) is 5.91 Å². The van der Waals surface area contributed by atoms with Gasteiger partial charge in [0.25, 0.3) is 0 Å². The van der Waals surface area contributed by atoms with Crippen LogP contribution in [0.15, 0.2) is 54.7 Å². The molecule has 0 saturated heterocycles. The van der Waals surface area contributed by atoms with Crippen molar-refractivity contribution in [3.63, 3.8) is 0 Å². The molecule has 0 aliphatic carbocycles. The van der Waals surface area contributed by atoms with Gasteiger partial charge >= 0.3 is 6.18 Å². The largest absolute Gasteiger partial charge is 0.497 e. The minimum atomic E-state index is -4.37. The van der Waals surface area contributed by atoms with Crippen LogP contribution in [0.1, 0.15) is 28.0 Å². The molecule has 0 spiro atoms. The van der Waals surface area contributed by atoms with E-state index in [0.717, 1.165) is 28.3 Å². The minimum absolute atomic E-state index is 0.166. The molecular formula is C21H19F3N2O2S. The predicted octanol–water partition coefficient (Wildman–Crippen LogP) is 5.33. The number of aryl methyl sites for hydroxylation is 1. The van der Waals surface area contributed by atoms with Crippen molar-refractivity contribution in [3.05, 3.63) is 76.3 Å². The Morgan fingerprint density at radius 2 is 1.90 bits per heavy atom. The van der Waals surface area contributed by atoms with E-state index in [1.54, 1.807) is 19.4 Å². The number of aromatic nitrogens is 1. The third-order valence-corrected chi connectivity index (χ3v) is 5.15. The van der Waals surface area contributed by atoms with Crippen molar-refractivity contribution in [2.45, 2.75) is 25.4 Å². The second kappa shape index (κ2) is 9.09. The number of amides is 1. The van der Waals surface area contributed by atoms with Crippen LogP contribution in [0.5, 0.6) is 5.75 Å². The molecule has 8 heteroatoms. The lowest BCUT2D eigenvalue weighted by atomic mass is 10.1. The Balaban J connectivity index is 1.53. The summed E-state index contributed by atoms with van der Waals surface area (Å²) >= 11 is 1.26. The zero-order valence-corrected chi connectivity index (χ0v) is 16.4. The van der Waals surface area contributed by atoms with Crippen molar-refractivity contribution in [1.29, 1.82) is 0 Å². The summed E-state index contributed by atoms with van der Waals surface area (Å²) in [6.07, 6.45) is -1.59. The Bertz CT molecular complexity index is 969. The summed E-state index contributed by atoms with van der Waals surface area (Å²) in [4.78, 5) is 17.1. The first-order valence-electron chi connectivity index (χ1n) is 8.87. The molecule has 0 aliphatic heterocycles. The van der Waals surface area contributed by atoms with Crippen LogP contribution in [-0.4, -0.2) is 18.0 Å². The number of nitrogens with one attached hydrogen (secondary N) is 1. The lowest BCUT2D eigenvalue weighted by Crippen LogP contribution is -2.11. The number of halogens is 3. The van der Waals surface area contributed by atoms with Crippen molar-refractivity contribution in [2.24, 2.45) is 0 Å². The van der Waals surface area contributed by atoms with E-state index < -0.39 is 11.7 Å². The van der Waals surface area contributed by atoms with Crippen LogP contribution < -0.4 is 10.1 Å². The van der Waals surface area contributed by atoms with Gasteiger partial charge in [-0.3, -0.25) is 4.79 Å². The molecule has 29 heavy (non-hydrogen) atoms. The summed E-state index contributed by atoms with van der Waals surface area (Å²) in [5.41, 5.74) is 0.887. The quantitative estimate of drug-likeness (QED) is 0.562. The number of alkyl halides is 3. The van der Waals surface area contributed by atoms with Gasteiger partial charge in [0.15, 0.2) is 5.13 Å². The van der Waals surface area contributed by atoms with Crippen molar-refractivity contribution in [3.8, 4) is 5.75 Å². The zero-order chi connectivity index (χ0) is 20.9. The number of hydrogen-bond acceptors (Lipinski definition) is 4. The van der Waals surface area contributed by atoms with E-state index in [4.69, 9.17) is 4.74 Å². The summed E-state index contributed by atoms with van der Waals surface area (Å²) < 4.78 is 43.6. The molecule has 0 bridgehead atoms. The Labute approximate surface area is 170 Å². The average Bonchev–Trinajstić information content (AvgIpc) is 3.13.